The van der Waals surface area contributed by atoms with Crippen LogP contribution >= 0.6 is 11.3 Å². The number of ether oxygens (including phenoxy) is 2. The molecule has 1 saturated heterocycles. The lowest BCUT2D eigenvalue weighted by atomic mass is 9.97. The Labute approximate surface area is 200 Å². The molecule has 3 aromatic rings. The quantitative estimate of drug-likeness (QED) is 0.541. The van der Waals surface area contributed by atoms with Crippen molar-refractivity contribution in [3.63, 3.8) is 0 Å². The van der Waals surface area contributed by atoms with E-state index in [4.69, 9.17) is 14.0 Å². The maximum absolute atomic E-state index is 13.3. The van der Waals surface area contributed by atoms with Crippen LogP contribution in [0.2, 0.25) is 0 Å². The Kier molecular flexibility index (Phi) is 6.04. The van der Waals surface area contributed by atoms with Crippen molar-refractivity contribution in [3.8, 4) is 22.2 Å². The Bertz CT molecular complexity index is 1320. The highest BCUT2D eigenvalue weighted by Gasteiger charge is 2.34. The number of piperidine rings is 1. The molecular weight excluding hydrogens is 480 g/mol. The largest absolute Gasteiger partial charge is 0.454 e. The third kappa shape index (κ3) is 4.28. The minimum atomic E-state index is -3.70. The van der Waals surface area contributed by atoms with Crippen LogP contribution in [-0.2, 0) is 21.2 Å². The van der Waals surface area contributed by atoms with Gasteiger partial charge in [0.1, 0.15) is 0 Å². The monoisotopic (exact) mass is 504 g/mol. The summed E-state index contributed by atoms with van der Waals surface area (Å²) in [7, 11) is -3.70. The number of anilines is 1. The number of sulfonamides is 1. The van der Waals surface area contributed by atoms with Crippen molar-refractivity contribution in [3.05, 3.63) is 35.0 Å². The topological polar surface area (TPSA) is 124 Å². The first-order valence-corrected chi connectivity index (χ1v) is 13.2. The van der Waals surface area contributed by atoms with Crippen LogP contribution in [0.25, 0.3) is 10.7 Å². The zero-order chi connectivity index (χ0) is 23.9. The lowest BCUT2D eigenvalue weighted by Crippen LogP contribution is -2.41. The molecule has 1 aromatic carbocycles. The van der Waals surface area contributed by atoms with Crippen molar-refractivity contribution in [2.75, 3.05) is 25.2 Å². The highest BCUT2D eigenvalue weighted by molar-refractivity contribution is 7.89. The fourth-order valence-electron chi connectivity index (χ4n) is 4.05. The molecule has 0 bridgehead atoms. The van der Waals surface area contributed by atoms with Gasteiger partial charge in [-0.15, -0.1) is 11.3 Å². The van der Waals surface area contributed by atoms with Crippen molar-refractivity contribution >= 4 is 33.0 Å². The number of fused-ring (bicyclic) bond motifs is 1. The Morgan fingerprint density at radius 2 is 1.97 bits per heavy atom. The summed E-state index contributed by atoms with van der Waals surface area (Å²) in [5, 5.41) is 6.85. The summed E-state index contributed by atoms with van der Waals surface area (Å²) in [5.41, 5.74) is 0.624. The first-order chi connectivity index (χ1) is 16.3. The van der Waals surface area contributed by atoms with Crippen LogP contribution in [0.5, 0.6) is 11.5 Å². The van der Waals surface area contributed by atoms with E-state index in [-0.39, 0.29) is 36.6 Å². The van der Waals surface area contributed by atoms with Crippen molar-refractivity contribution in [2.24, 2.45) is 5.92 Å². The predicted molar refractivity (Wildman–Crippen MR) is 124 cm³/mol. The van der Waals surface area contributed by atoms with Crippen LogP contribution in [0.1, 0.15) is 30.5 Å². The number of nitrogens with one attached hydrogen (secondary N) is 1. The number of benzene rings is 1. The Morgan fingerprint density at radius 3 is 2.71 bits per heavy atom. The van der Waals surface area contributed by atoms with Gasteiger partial charge in [-0.2, -0.15) is 9.29 Å². The standard InChI is InChI=1S/C22H24N4O6S2/c1-3-20-24-21(25-32-20)18-11-19(13(2)33-18)34(28,29)26-8-6-14(7-9-26)22(27)23-15-4-5-16-17(10-15)31-12-30-16/h4-5,10-11,14H,3,6-9,12H2,1-2H3,(H,23,27). The average molecular weight is 505 g/mol. The van der Waals surface area contributed by atoms with Crippen LogP contribution in [-0.4, -0.2) is 48.7 Å². The van der Waals surface area contributed by atoms with Gasteiger partial charge in [0.15, 0.2) is 11.5 Å². The molecule has 4 heterocycles. The zero-order valence-electron chi connectivity index (χ0n) is 18.7. The van der Waals surface area contributed by atoms with E-state index in [9.17, 15) is 13.2 Å². The van der Waals surface area contributed by atoms with E-state index in [1.54, 1.807) is 31.2 Å². The summed E-state index contributed by atoms with van der Waals surface area (Å²) >= 11 is 1.32. The Morgan fingerprint density at radius 1 is 1.21 bits per heavy atom. The lowest BCUT2D eigenvalue weighted by Gasteiger charge is -2.30. The zero-order valence-corrected chi connectivity index (χ0v) is 20.4. The molecule has 34 heavy (non-hydrogen) atoms. The molecule has 10 nitrogen and oxygen atoms in total. The number of carbonyl (C=O) groups excluding carboxylic acids is 1. The molecule has 1 amide bonds. The van der Waals surface area contributed by atoms with Gasteiger partial charge >= 0.3 is 0 Å². The lowest BCUT2D eigenvalue weighted by molar-refractivity contribution is -0.120. The summed E-state index contributed by atoms with van der Waals surface area (Å²) < 4.78 is 43.9. The maximum atomic E-state index is 13.3. The average Bonchev–Trinajstić information content (AvgIpc) is 3.58. The fraction of sp³-hybridized carbons (Fsp3) is 0.409. The highest BCUT2D eigenvalue weighted by atomic mass is 32.2. The van der Waals surface area contributed by atoms with Gasteiger partial charge in [0.25, 0.3) is 0 Å². The minimum Gasteiger partial charge on any atom is -0.454 e. The third-order valence-electron chi connectivity index (χ3n) is 5.95. The van der Waals surface area contributed by atoms with E-state index in [1.807, 2.05) is 6.92 Å². The van der Waals surface area contributed by atoms with E-state index >= 15 is 0 Å². The summed E-state index contributed by atoms with van der Waals surface area (Å²) in [6, 6.07) is 6.85. The molecule has 0 radical (unpaired) electrons. The molecule has 5 rings (SSSR count). The number of aryl methyl sites for hydroxylation is 2. The van der Waals surface area contributed by atoms with Crippen molar-refractivity contribution in [2.45, 2.75) is 38.0 Å². The minimum absolute atomic E-state index is 0.131. The molecule has 0 spiro atoms. The van der Waals surface area contributed by atoms with Crippen LogP contribution in [0.3, 0.4) is 0 Å². The molecule has 0 atom stereocenters. The summed E-state index contributed by atoms with van der Waals surface area (Å²) in [6.45, 7) is 4.39. The molecule has 0 aliphatic carbocycles. The number of rotatable bonds is 6. The summed E-state index contributed by atoms with van der Waals surface area (Å²) in [6.07, 6.45) is 1.49. The second-order valence-electron chi connectivity index (χ2n) is 8.13. The Hall–Kier alpha value is -2.96. The van der Waals surface area contributed by atoms with Gasteiger partial charge in [0, 0.05) is 42.1 Å². The number of aromatic nitrogens is 2. The van der Waals surface area contributed by atoms with Crippen LogP contribution < -0.4 is 14.8 Å². The SMILES string of the molecule is CCc1nc(-c2cc(S(=O)(=O)N3CCC(C(=O)Nc4ccc5c(c4)OCO5)CC3)c(C)s2)no1. The first kappa shape index (κ1) is 22.8. The molecule has 180 valence electrons. The fourth-order valence-corrected chi connectivity index (χ4v) is 7.00. The second-order valence-corrected chi connectivity index (χ2v) is 11.3. The predicted octanol–water partition coefficient (Wildman–Crippen LogP) is 3.44. The van der Waals surface area contributed by atoms with Gasteiger partial charge in [0.2, 0.25) is 34.4 Å². The van der Waals surface area contributed by atoms with Crippen LogP contribution in [0.4, 0.5) is 5.69 Å². The van der Waals surface area contributed by atoms with Gasteiger partial charge < -0.3 is 19.3 Å². The van der Waals surface area contributed by atoms with Gasteiger partial charge in [-0.3, -0.25) is 4.79 Å². The molecule has 2 aliphatic heterocycles. The number of nitrogens with zero attached hydrogens (tertiary/aromatic N) is 3. The van der Waals surface area contributed by atoms with E-state index in [1.165, 1.54) is 15.6 Å². The molecule has 0 saturated carbocycles. The van der Waals surface area contributed by atoms with E-state index in [0.717, 1.165) is 0 Å². The highest BCUT2D eigenvalue weighted by Crippen LogP contribution is 2.36. The van der Waals surface area contributed by atoms with Gasteiger partial charge in [-0.25, -0.2) is 8.42 Å². The van der Waals surface area contributed by atoms with Gasteiger partial charge in [0.05, 0.1) is 9.77 Å². The summed E-state index contributed by atoms with van der Waals surface area (Å²) in [4.78, 5) is 18.6. The van der Waals surface area contributed by atoms with E-state index < -0.39 is 10.0 Å². The van der Waals surface area contributed by atoms with E-state index in [2.05, 4.69) is 15.5 Å². The molecule has 0 unspecified atom stereocenters. The van der Waals surface area contributed by atoms with Crippen molar-refractivity contribution in [1.29, 1.82) is 0 Å². The Balaban J connectivity index is 1.24. The third-order valence-corrected chi connectivity index (χ3v) is 9.15. The molecule has 1 fully saturated rings. The second kappa shape index (κ2) is 9.01. The number of hydrogen-bond donors (Lipinski definition) is 1. The number of thiophene rings is 1. The molecule has 12 heteroatoms. The normalized spacial score (nSPS) is 16.6. The van der Waals surface area contributed by atoms with Crippen molar-refractivity contribution < 1.29 is 27.2 Å². The smallest absolute Gasteiger partial charge is 0.244 e. The van der Waals surface area contributed by atoms with Crippen molar-refractivity contribution in [1.82, 2.24) is 14.4 Å². The number of amides is 1. The molecule has 1 N–H and O–H groups in total. The molecular formula is C22H24N4O6S2. The van der Waals surface area contributed by atoms with Crippen LogP contribution in [0.15, 0.2) is 33.7 Å². The van der Waals surface area contributed by atoms with Crippen LogP contribution in [0, 0.1) is 12.8 Å². The number of carbonyl (C=O) groups is 1. The van der Waals surface area contributed by atoms with Gasteiger partial charge in [-0.1, -0.05) is 12.1 Å². The molecule has 2 aliphatic rings. The summed E-state index contributed by atoms with van der Waals surface area (Å²) in [5.74, 6) is 1.73. The number of hydrogen-bond acceptors (Lipinski definition) is 9. The maximum Gasteiger partial charge on any atom is 0.244 e. The van der Waals surface area contributed by atoms with E-state index in [0.29, 0.717) is 57.9 Å². The molecule has 2 aromatic heterocycles. The van der Waals surface area contributed by atoms with Gasteiger partial charge in [-0.05, 0) is 38.0 Å². The first-order valence-electron chi connectivity index (χ1n) is 11.0.